The summed E-state index contributed by atoms with van der Waals surface area (Å²) in [5, 5.41) is 6.04. The number of hydrogen-bond donors (Lipinski definition) is 2. The summed E-state index contributed by atoms with van der Waals surface area (Å²) >= 11 is 0. The minimum absolute atomic E-state index is 0.280. The van der Waals surface area contributed by atoms with Gasteiger partial charge in [-0.15, -0.1) is 0 Å². The van der Waals surface area contributed by atoms with Crippen molar-refractivity contribution in [2.24, 2.45) is 0 Å². The molecule has 0 atom stereocenters. The SMILES string of the molecule is CCOc1ccccc1NC(=O)c1cc(NCc2cccnc2)nc(C)n1. The lowest BCUT2D eigenvalue weighted by Crippen LogP contribution is -2.16. The highest BCUT2D eigenvalue weighted by Gasteiger charge is 2.13. The first-order valence-corrected chi connectivity index (χ1v) is 8.67. The standard InChI is InChI=1S/C20H21N5O2/c1-3-27-18-9-5-4-8-16(18)25-20(26)17-11-19(24-14(2)23-17)22-13-15-7-6-10-21-12-15/h4-12H,3,13H2,1-2H3,(H,25,26)(H,22,23,24). The van der Waals surface area contributed by atoms with Crippen LogP contribution in [0.15, 0.2) is 54.9 Å². The molecular weight excluding hydrogens is 342 g/mol. The number of aryl methyl sites for hydroxylation is 1. The molecule has 0 unspecified atom stereocenters. The zero-order valence-electron chi connectivity index (χ0n) is 15.3. The third-order valence-corrected chi connectivity index (χ3v) is 3.70. The van der Waals surface area contributed by atoms with Crippen LogP contribution in [-0.4, -0.2) is 27.5 Å². The highest BCUT2D eigenvalue weighted by atomic mass is 16.5. The Kier molecular flexibility index (Phi) is 5.94. The fourth-order valence-corrected chi connectivity index (χ4v) is 2.51. The highest BCUT2D eigenvalue weighted by Crippen LogP contribution is 2.24. The molecule has 0 saturated carbocycles. The highest BCUT2D eigenvalue weighted by molar-refractivity contribution is 6.04. The molecular formula is C20H21N5O2. The summed E-state index contributed by atoms with van der Waals surface area (Å²) in [5.41, 5.74) is 1.90. The number of benzene rings is 1. The Morgan fingerprint density at radius 1 is 1.15 bits per heavy atom. The van der Waals surface area contributed by atoms with Gasteiger partial charge in [-0.1, -0.05) is 18.2 Å². The van der Waals surface area contributed by atoms with Gasteiger partial charge in [-0.2, -0.15) is 0 Å². The van der Waals surface area contributed by atoms with Crippen LogP contribution in [0.1, 0.15) is 28.8 Å². The second-order valence-corrected chi connectivity index (χ2v) is 5.78. The first kappa shape index (κ1) is 18.3. The molecule has 2 N–H and O–H groups in total. The number of aromatic nitrogens is 3. The molecule has 27 heavy (non-hydrogen) atoms. The lowest BCUT2D eigenvalue weighted by molar-refractivity contribution is 0.102. The van der Waals surface area contributed by atoms with Crippen molar-refractivity contribution in [3.8, 4) is 5.75 Å². The van der Waals surface area contributed by atoms with Crippen LogP contribution in [0.25, 0.3) is 0 Å². The smallest absolute Gasteiger partial charge is 0.274 e. The second-order valence-electron chi connectivity index (χ2n) is 5.78. The van der Waals surface area contributed by atoms with Gasteiger partial charge in [-0.25, -0.2) is 9.97 Å². The van der Waals surface area contributed by atoms with E-state index in [1.165, 1.54) is 0 Å². The van der Waals surface area contributed by atoms with Crippen LogP contribution in [0.3, 0.4) is 0 Å². The number of pyridine rings is 1. The van der Waals surface area contributed by atoms with Gasteiger partial charge in [0, 0.05) is 25.0 Å². The molecule has 7 heteroatoms. The Balaban J connectivity index is 1.74. The van der Waals surface area contributed by atoms with E-state index >= 15 is 0 Å². The molecule has 2 heterocycles. The van der Waals surface area contributed by atoms with Gasteiger partial charge >= 0.3 is 0 Å². The Hall–Kier alpha value is -3.48. The van der Waals surface area contributed by atoms with Crippen molar-refractivity contribution in [3.63, 3.8) is 0 Å². The molecule has 0 spiro atoms. The summed E-state index contributed by atoms with van der Waals surface area (Å²) in [6.07, 6.45) is 3.50. The lowest BCUT2D eigenvalue weighted by atomic mass is 10.2. The number of nitrogens with zero attached hydrogens (tertiary/aromatic N) is 3. The minimum Gasteiger partial charge on any atom is -0.492 e. The van der Waals surface area contributed by atoms with Gasteiger partial charge in [0.05, 0.1) is 12.3 Å². The predicted molar refractivity (Wildman–Crippen MR) is 104 cm³/mol. The van der Waals surface area contributed by atoms with Crippen LogP contribution in [-0.2, 0) is 6.54 Å². The number of para-hydroxylation sites is 2. The number of ether oxygens (including phenoxy) is 1. The number of carbonyl (C=O) groups is 1. The Labute approximate surface area is 157 Å². The maximum atomic E-state index is 12.7. The molecule has 0 aliphatic heterocycles. The number of nitrogens with one attached hydrogen (secondary N) is 2. The number of hydrogen-bond acceptors (Lipinski definition) is 6. The van der Waals surface area contributed by atoms with E-state index in [9.17, 15) is 4.79 Å². The fourth-order valence-electron chi connectivity index (χ4n) is 2.51. The molecule has 2 aromatic heterocycles. The van der Waals surface area contributed by atoms with E-state index in [1.807, 2.05) is 37.3 Å². The van der Waals surface area contributed by atoms with Gasteiger partial charge < -0.3 is 15.4 Å². The Morgan fingerprint density at radius 2 is 2.00 bits per heavy atom. The van der Waals surface area contributed by atoms with Crippen LogP contribution in [0, 0.1) is 6.92 Å². The predicted octanol–water partition coefficient (Wildman–Crippen LogP) is 3.44. The van der Waals surface area contributed by atoms with Gasteiger partial charge in [-0.05, 0) is 37.6 Å². The summed E-state index contributed by atoms with van der Waals surface area (Å²) in [4.78, 5) is 25.3. The molecule has 0 fully saturated rings. The number of amides is 1. The van der Waals surface area contributed by atoms with E-state index in [0.717, 1.165) is 5.56 Å². The molecule has 3 aromatic rings. The largest absolute Gasteiger partial charge is 0.492 e. The van der Waals surface area contributed by atoms with Gasteiger partial charge in [-0.3, -0.25) is 9.78 Å². The average molecular weight is 363 g/mol. The van der Waals surface area contributed by atoms with E-state index < -0.39 is 0 Å². The van der Waals surface area contributed by atoms with Crippen molar-refractivity contribution in [1.82, 2.24) is 15.0 Å². The van der Waals surface area contributed by atoms with Gasteiger partial charge in [0.2, 0.25) is 0 Å². The maximum Gasteiger partial charge on any atom is 0.274 e. The van der Waals surface area contributed by atoms with Crippen molar-refractivity contribution in [1.29, 1.82) is 0 Å². The molecule has 3 rings (SSSR count). The minimum atomic E-state index is -0.322. The molecule has 0 saturated heterocycles. The normalized spacial score (nSPS) is 10.3. The van der Waals surface area contributed by atoms with E-state index in [1.54, 1.807) is 31.5 Å². The molecule has 7 nitrogen and oxygen atoms in total. The third kappa shape index (κ3) is 5.01. The van der Waals surface area contributed by atoms with Crippen LogP contribution in [0.5, 0.6) is 5.75 Å². The van der Waals surface area contributed by atoms with E-state index in [2.05, 4.69) is 25.6 Å². The van der Waals surface area contributed by atoms with Crippen LogP contribution >= 0.6 is 0 Å². The van der Waals surface area contributed by atoms with Crippen molar-refractivity contribution < 1.29 is 9.53 Å². The number of carbonyl (C=O) groups excluding carboxylic acids is 1. The fraction of sp³-hybridized carbons (Fsp3) is 0.200. The molecule has 1 amide bonds. The number of anilines is 2. The van der Waals surface area contributed by atoms with Crippen molar-refractivity contribution >= 4 is 17.4 Å². The second kappa shape index (κ2) is 8.75. The summed E-state index contributed by atoms with van der Waals surface area (Å²) in [6.45, 7) is 4.72. The summed E-state index contributed by atoms with van der Waals surface area (Å²) < 4.78 is 5.54. The summed E-state index contributed by atoms with van der Waals surface area (Å²) in [5.74, 6) is 1.38. The first-order valence-electron chi connectivity index (χ1n) is 8.67. The Bertz CT molecular complexity index is 915. The van der Waals surface area contributed by atoms with E-state index in [-0.39, 0.29) is 11.6 Å². The quantitative estimate of drug-likeness (QED) is 0.668. The summed E-state index contributed by atoms with van der Waals surface area (Å²) in [7, 11) is 0. The molecule has 0 bridgehead atoms. The molecule has 1 aromatic carbocycles. The van der Waals surface area contributed by atoms with Gasteiger partial charge in [0.1, 0.15) is 23.1 Å². The van der Waals surface area contributed by atoms with Crippen molar-refractivity contribution in [3.05, 3.63) is 71.9 Å². The van der Waals surface area contributed by atoms with Crippen LogP contribution < -0.4 is 15.4 Å². The van der Waals surface area contributed by atoms with Crippen LogP contribution in [0.2, 0.25) is 0 Å². The lowest BCUT2D eigenvalue weighted by Gasteiger charge is -2.12. The van der Waals surface area contributed by atoms with Crippen molar-refractivity contribution in [2.45, 2.75) is 20.4 Å². The molecule has 0 radical (unpaired) electrons. The number of rotatable bonds is 7. The zero-order valence-corrected chi connectivity index (χ0v) is 15.3. The first-order chi connectivity index (χ1) is 13.2. The van der Waals surface area contributed by atoms with Crippen molar-refractivity contribution in [2.75, 3.05) is 17.2 Å². The third-order valence-electron chi connectivity index (χ3n) is 3.70. The van der Waals surface area contributed by atoms with Gasteiger partial charge in [0.25, 0.3) is 5.91 Å². The molecule has 0 aliphatic carbocycles. The summed E-state index contributed by atoms with van der Waals surface area (Å²) in [6, 6.07) is 12.8. The molecule has 138 valence electrons. The monoisotopic (exact) mass is 363 g/mol. The zero-order chi connectivity index (χ0) is 19.1. The van der Waals surface area contributed by atoms with Gasteiger partial charge in [0.15, 0.2) is 0 Å². The maximum absolute atomic E-state index is 12.7. The Morgan fingerprint density at radius 3 is 2.78 bits per heavy atom. The topological polar surface area (TPSA) is 89.0 Å². The average Bonchev–Trinajstić information content (AvgIpc) is 2.68. The molecule has 0 aliphatic rings. The van der Waals surface area contributed by atoms with Crippen LogP contribution in [0.4, 0.5) is 11.5 Å². The van der Waals surface area contributed by atoms with E-state index in [0.29, 0.717) is 36.2 Å². The van der Waals surface area contributed by atoms with E-state index in [4.69, 9.17) is 4.74 Å².